The van der Waals surface area contributed by atoms with Gasteiger partial charge < -0.3 is 4.57 Å². The summed E-state index contributed by atoms with van der Waals surface area (Å²) < 4.78 is 3.17. The number of para-hydroxylation sites is 1. The number of nitrogens with zero attached hydrogens (tertiary/aromatic N) is 2. The SMILES string of the molecule is CCCn1c(=NC(=O)NOC)sc2ccccc21. The lowest BCUT2D eigenvalue weighted by Crippen LogP contribution is -2.23. The molecular formula is C12H15N3O2S. The van der Waals surface area contributed by atoms with E-state index in [0.717, 1.165) is 23.2 Å². The third-order valence-electron chi connectivity index (χ3n) is 2.42. The Morgan fingerprint density at radius 3 is 3.00 bits per heavy atom. The van der Waals surface area contributed by atoms with Gasteiger partial charge in [0.25, 0.3) is 0 Å². The molecule has 0 fully saturated rings. The first-order valence-electron chi connectivity index (χ1n) is 5.72. The molecule has 0 aliphatic heterocycles. The first-order chi connectivity index (χ1) is 8.76. The Morgan fingerprint density at radius 1 is 1.50 bits per heavy atom. The summed E-state index contributed by atoms with van der Waals surface area (Å²) >= 11 is 1.50. The Morgan fingerprint density at radius 2 is 2.28 bits per heavy atom. The minimum Gasteiger partial charge on any atom is -0.316 e. The first-order valence-corrected chi connectivity index (χ1v) is 6.54. The fourth-order valence-corrected chi connectivity index (χ4v) is 2.80. The van der Waals surface area contributed by atoms with E-state index in [0.29, 0.717) is 4.80 Å². The summed E-state index contributed by atoms with van der Waals surface area (Å²) in [4.78, 5) is 20.7. The van der Waals surface area contributed by atoms with E-state index in [1.165, 1.54) is 18.4 Å². The van der Waals surface area contributed by atoms with Crippen molar-refractivity contribution in [2.45, 2.75) is 19.9 Å². The van der Waals surface area contributed by atoms with Crippen molar-refractivity contribution in [1.29, 1.82) is 0 Å². The molecule has 1 aromatic heterocycles. The van der Waals surface area contributed by atoms with Crippen LogP contribution in [-0.2, 0) is 11.4 Å². The number of hydrogen-bond acceptors (Lipinski definition) is 3. The molecule has 0 saturated heterocycles. The summed E-state index contributed by atoms with van der Waals surface area (Å²) in [5.41, 5.74) is 3.30. The molecule has 2 aromatic rings. The molecule has 0 spiro atoms. The topological polar surface area (TPSA) is 55.6 Å². The largest absolute Gasteiger partial charge is 0.367 e. The maximum absolute atomic E-state index is 11.4. The van der Waals surface area contributed by atoms with Gasteiger partial charge in [-0.25, -0.2) is 10.3 Å². The van der Waals surface area contributed by atoms with Crippen LogP contribution in [0.15, 0.2) is 29.3 Å². The van der Waals surface area contributed by atoms with Crippen molar-refractivity contribution in [3.63, 3.8) is 0 Å². The highest BCUT2D eigenvalue weighted by atomic mass is 32.1. The molecule has 1 N–H and O–H groups in total. The van der Waals surface area contributed by atoms with E-state index in [9.17, 15) is 4.79 Å². The minimum atomic E-state index is -0.492. The molecule has 18 heavy (non-hydrogen) atoms. The van der Waals surface area contributed by atoms with Crippen molar-refractivity contribution in [2.24, 2.45) is 4.99 Å². The van der Waals surface area contributed by atoms with Gasteiger partial charge in [0.15, 0.2) is 4.80 Å². The Kier molecular flexibility index (Phi) is 4.11. The average molecular weight is 265 g/mol. The number of urea groups is 1. The predicted octanol–water partition coefficient (Wildman–Crippen LogP) is 2.28. The van der Waals surface area contributed by atoms with Gasteiger partial charge in [0.2, 0.25) is 0 Å². The second-order valence-corrected chi connectivity index (χ2v) is 4.74. The van der Waals surface area contributed by atoms with Gasteiger partial charge in [0.1, 0.15) is 0 Å². The Bertz CT molecular complexity index is 615. The smallest absolute Gasteiger partial charge is 0.316 e. The maximum atomic E-state index is 11.4. The zero-order valence-corrected chi connectivity index (χ0v) is 11.2. The molecule has 96 valence electrons. The van der Waals surface area contributed by atoms with Crippen LogP contribution in [0.4, 0.5) is 4.79 Å². The zero-order chi connectivity index (χ0) is 13.0. The molecule has 0 unspecified atom stereocenters. The molecule has 0 aliphatic rings. The number of fused-ring (bicyclic) bond motifs is 1. The van der Waals surface area contributed by atoms with E-state index in [2.05, 4.69) is 26.8 Å². The van der Waals surface area contributed by atoms with Gasteiger partial charge >= 0.3 is 6.03 Å². The van der Waals surface area contributed by atoms with Gasteiger partial charge in [-0.05, 0) is 18.6 Å². The lowest BCUT2D eigenvalue weighted by molar-refractivity contribution is 0.112. The van der Waals surface area contributed by atoms with Crippen LogP contribution in [-0.4, -0.2) is 17.7 Å². The molecule has 2 amide bonds. The monoisotopic (exact) mass is 265 g/mol. The van der Waals surface area contributed by atoms with Crippen molar-refractivity contribution in [1.82, 2.24) is 10.0 Å². The lowest BCUT2D eigenvalue weighted by atomic mass is 10.3. The predicted molar refractivity (Wildman–Crippen MR) is 71.2 cm³/mol. The molecule has 6 heteroatoms. The van der Waals surface area contributed by atoms with E-state index in [1.54, 1.807) is 0 Å². The molecule has 0 bridgehead atoms. The van der Waals surface area contributed by atoms with Crippen LogP contribution in [0, 0.1) is 0 Å². The molecule has 1 heterocycles. The average Bonchev–Trinajstić information content (AvgIpc) is 2.68. The number of aryl methyl sites for hydroxylation is 1. The van der Waals surface area contributed by atoms with Crippen LogP contribution in [0.1, 0.15) is 13.3 Å². The highest BCUT2D eigenvalue weighted by molar-refractivity contribution is 7.16. The van der Waals surface area contributed by atoms with Crippen molar-refractivity contribution in [3.05, 3.63) is 29.1 Å². The van der Waals surface area contributed by atoms with Crippen molar-refractivity contribution < 1.29 is 9.63 Å². The molecule has 0 atom stereocenters. The standard InChI is InChI=1S/C12H15N3O2S/c1-3-8-15-9-6-4-5-7-10(9)18-12(15)13-11(16)14-17-2/h4-7H,3,8H2,1-2H3,(H,14,16). The van der Waals surface area contributed by atoms with Crippen molar-refractivity contribution in [2.75, 3.05) is 7.11 Å². The van der Waals surface area contributed by atoms with Crippen LogP contribution in [0.3, 0.4) is 0 Å². The summed E-state index contributed by atoms with van der Waals surface area (Å²) in [5, 5.41) is 0. The second kappa shape index (κ2) is 5.79. The molecule has 0 saturated carbocycles. The number of nitrogens with one attached hydrogen (secondary N) is 1. The van der Waals surface area contributed by atoms with E-state index >= 15 is 0 Å². The van der Waals surface area contributed by atoms with E-state index < -0.39 is 6.03 Å². The number of aromatic nitrogens is 1. The van der Waals surface area contributed by atoms with Gasteiger partial charge in [0.05, 0.1) is 17.3 Å². The van der Waals surface area contributed by atoms with Crippen molar-refractivity contribution >= 4 is 27.6 Å². The van der Waals surface area contributed by atoms with E-state index in [1.807, 2.05) is 24.3 Å². The Labute approximate surface area is 109 Å². The van der Waals surface area contributed by atoms with Crippen LogP contribution in [0.25, 0.3) is 10.2 Å². The quantitative estimate of drug-likeness (QED) is 0.866. The van der Waals surface area contributed by atoms with E-state index in [-0.39, 0.29) is 0 Å². The lowest BCUT2D eigenvalue weighted by Gasteiger charge is -2.02. The van der Waals surface area contributed by atoms with Crippen LogP contribution in [0.5, 0.6) is 0 Å². The fraction of sp³-hybridized carbons (Fsp3) is 0.333. The fourth-order valence-electron chi connectivity index (χ4n) is 1.74. The van der Waals surface area contributed by atoms with Crippen LogP contribution in [0.2, 0.25) is 0 Å². The number of thiazole rings is 1. The normalized spacial score (nSPS) is 12.0. The molecule has 0 radical (unpaired) electrons. The number of carbonyl (C=O) groups is 1. The third-order valence-corrected chi connectivity index (χ3v) is 3.48. The van der Waals surface area contributed by atoms with Gasteiger partial charge in [-0.2, -0.15) is 4.99 Å². The van der Waals surface area contributed by atoms with Gasteiger partial charge in [-0.3, -0.25) is 4.84 Å². The highest BCUT2D eigenvalue weighted by Crippen LogP contribution is 2.16. The van der Waals surface area contributed by atoms with Crippen LogP contribution < -0.4 is 10.3 Å². The molecule has 1 aromatic carbocycles. The Hall–Kier alpha value is -1.66. The van der Waals surface area contributed by atoms with Gasteiger partial charge in [0, 0.05) is 6.54 Å². The molecule has 5 nitrogen and oxygen atoms in total. The summed E-state index contributed by atoms with van der Waals surface area (Å²) in [6, 6.07) is 7.54. The first kappa shape index (κ1) is 12.8. The highest BCUT2D eigenvalue weighted by Gasteiger charge is 2.06. The second-order valence-electron chi connectivity index (χ2n) is 3.73. The summed E-state index contributed by atoms with van der Waals surface area (Å²) in [6.07, 6.45) is 0.986. The molecular weight excluding hydrogens is 250 g/mol. The minimum absolute atomic E-state index is 0.492. The van der Waals surface area contributed by atoms with Gasteiger partial charge in [-0.1, -0.05) is 30.4 Å². The number of carbonyl (C=O) groups excluding carboxylic acids is 1. The van der Waals surface area contributed by atoms with Crippen molar-refractivity contribution in [3.8, 4) is 0 Å². The summed E-state index contributed by atoms with van der Waals surface area (Å²) in [6.45, 7) is 2.93. The Balaban J connectivity index is 2.55. The molecule has 2 rings (SSSR count). The number of hydrogen-bond donors (Lipinski definition) is 1. The number of benzene rings is 1. The zero-order valence-electron chi connectivity index (χ0n) is 10.3. The number of rotatable bonds is 3. The van der Waals surface area contributed by atoms with Crippen LogP contribution >= 0.6 is 11.3 Å². The number of amides is 2. The molecule has 0 aliphatic carbocycles. The third kappa shape index (κ3) is 2.60. The van der Waals surface area contributed by atoms with Gasteiger partial charge in [-0.15, -0.1) is 0 Å². The summed E-state index contributed by atoms with van der Waals surface area (Å²) in [5.74, 6) is 0. The maximum Gasteiger partial charge on any atom is 0.367 e. The summed E-state index contributed by atoms with van der Waals surface area (Å²) in [7, 11) is 1.39. The number of hydroxylamine groups is 1. The van der Waals surface area contributed by atoms with E-state index in [4.69, 9.17) is 0 Å².